The lowest BCUT2D eigenvalue weighted by Crippen LogP contribution is -2.17. The SMILES string of the molecule is Cc1ccc(C)c(NC(=O)CC(=O)CBr)c1. The second kappa shape index (κ2) is 5.80. The number of carbonyl (C=O) groups is 2. The number of ketones is 1. The molecule has 0 fully saturated rings. The molecule has 86 valence electrons. The van der Waals surface area contributed by atoms with Crippen molar-refractivity contribution in [2.45, 2.75) is 20.3 Å². The summed E-state index contributed by atoms with van der Waals surface area (Å²) in [5.74, 6) is -0.388. The van der Waals surface area contributed by atoms with Gasteiger partial charge in [-0.25, -0.2) is 0 Å². The highest BCUT2D eigenvalue weighted by Gasteiger charge is 2.09. The number of Topliss-reactive ketones (excluding diaryl/α,β-unsaturated/α-hetero) is 1. The van der Waals surface area contributed by atoms with E-state index in [-0.39, 0.29) is 23.4 Å². The van der Waals surface area contributed by atoms with Gasteiger partial charge < -0.3 is 5.32 Å². The molecule has 1 aromatic rings. The van der Waals surface area contributed by atoms with Gasteiger partial charge in [0.25, 0.3) is 0 Å². The normalized spacial score (nSPS) is 9.94. The molecule has 0 saturated heterocycles. The molecule has 0 saturated carbocycles. The molecule has 0 radical (unpaired) electrons. The van der Waals surface area contributed by atoms with Gasteiger partial charge in [0.05, 0.1) is 11.8 Å². The first kappa shape index (κ1) is 12.9. The van der Waals surface area contributed by atoms with Crippen LogP contribution in [0.25, 0.3) is 0 Å². The Bertz CT molecular complexity index is 415. The lowest BCUT2D eigenvalue weighted by atomic mass is 10.1. The summed E-state index contributed by atoms with van der Waals surface area (Å²) in [7, 11) is 0. The van der Waals surface area contributed by atoms with Gasteiger partial charge in [-0.3, -0.25) is 9.59 Å². The van der Waals surface area contributed by atoms with Crippen LogP contribution in [0.2, 0.25) is 0 Å². The van der Waals surface area contributed by atoms with Gasteiger partial charge in [-0.2, -0.15) is 0 Å². The summed E-state index contributed by atoms with van der Waals surface area (Å²) in [6.07, 6.45) is -0.0847. The largest absolute Gasteiger partial charge is 0.325 e. The number of alkyl halides is 1. The average Bonchev–Trinajstić information content (AvgIpc) is 2.23. The third kappa shape index (κ3) is 3.77. The van der Waals surface area contributed by atoms with E-state index in [1.54, 1.807) is 0 Å². The molecule has 1 N–H and O–H groups in total. The average molecular weight is 284 g/mol. The number of benzene rings is 1. The summed E-state index contributed by atoms with van der Waals surface area (Å²) in [4.78, 5) is 22.5. The molecule has 1 rings (SSSR count). The Kier molecular flexibility index (Phi) is 4.68. The molecule has 4 heteroatoms. The number of amides is 1. The minimum Gasteiger partial charge on any atom is -0.325 e. The van der Waals surface area contributed by atoms with Crippen molar-refractivity contribution in [2.75, 3.05) is 10.6 Å². The first-order valence-electron chi connectivity index (χ1n) is 4.97. The van der Waals surface area contributed by atoms with Crippen LogP contribution in [0.15, 0.2) is 18.2 Å². The Morgan fingerprint density at radius 3 is 2.62 bits per heavy atom. The summed E-state index contributed by atoms with van der Waals surface area (Å²) in [6, 6.07) is 5.82. The lowest BCUT2D eigenvalue weighted by molar-refractivity contribution is -0.123. The Morgan fingerprint density at radius 1 is 1.31 bits per heavy atom. The van der Waals surface area contributed by atoms with Crippen LogP contribution in [-0.2, 0) is 9.59 Å². The van der Waals surface area contributed by atoms with Gasteiger partial charge in [0.15, 0.2) is 5.78 Å². The molecule has 0 aliphatic carbocycles. The predicted octanol–water partition coefficient (Wildman–Crippen LogP) is 2.60. The van der Waals surface area contributed by atoms with Gasteiger partial charge in [0.2, 0.25) is 5.91 Å². The molecule has 16 heavy (non-hydrogen) atoms. The van der Waals surface area contributed by atoms with Crippen molar-refractivity contribution in [3.05, 3.63) is 29.3 Å². The first-order valence-corrected chi connectivity index (χ1v) is 6.10. The van der Waals surface area contributed by atoms with Crippen LogP contribution in [0.3, 0.4) is 0 Å². The predicted molar refractivity (Wildman–Crippen MR) is 68.0 cm³/mol. The van der Waals surface area contributed by atoms with Crippen LogP contribution in [0.4, 0.5) is 5.69 Å². The van der Waals surface area contributed by atoms with Gasteiger partial charge in [-0.05, 0) is 31.0 Å². The van der Waals surface area contributed by atoms with E-state index in [0.29, 0.717) is 0 Å². The Morgan fingerprint density at radius 2 is 2.00 bits per heavy atom. The summed E-state index contributed by atoms with van der Waals surface area (Å²) in [5.41, 5.74) is 2.84. The molecule has 0 spiro atoms. The lowest BCUT2D eigenvalue weighted by Gasteiger charge is -2.08. The Labute approximate surface area is 103 Å². The van der Waals surface area contributed by atoms with E-state index in [4.69, 9.17) is 0 Å². The summed E-state index contributed by atoms with van der Waals surface area (Å²) in [6.45, 7) is 3.88. The summed E-state index contributed by atoms with van der Waals surface area (Å²) in [5, 5.41) is 2.95. The van der Waals surface area contributed by atoms with Gasteiger partial charge in [0, 0.05) is 5.69 Å². The van der Waals surface area contributed by atoms with Crippen molar-refractivity contribution in [1.29, 1.82) is 0 Å². The second-order valence-corrected chi connectivity index (χ2v) is 4.28. The van der Waals surface area contributed by atoms with Crippen molar-refractivity contribution in [3.8, 4) is 0 Å². The van der Waals surface area contributed by atoms with Crippen molar-refractivity contribution < 1.29 is 9.59 Å². The second-order valence-electron chi connectivity index (χ2n) is 3.72. The van der Waals surface area contributed by atoms with Crippen molar-refractivity contribution >= 4 is 33.3 Å². The van der Waals surface area contributed by atoms with Crippen LogP contribution in [-0.4, -0.2) is 17.0 Å². The number of anilines is 1. The van der Waals surface area contributed by atoms with E-state index in [2.05, 4.69) is 21.2 Å². The molecule has 0 heterocycles. The molecule has 3 nitrogen and oxygen atoms in total. The third-order valence-electron chi connectivity index (χ3n) is 2.17. The standard InChI is InChI=1S/C12H14BrNO2/c1-8-3-4-9(2)11(5-8)14-12(16)6-10(15)7-13/h3-5H,6-7H2,1-2H3,(H,14,16). The number of hydrogen-bond donors (Lipinski definition) is 1. The minimum atomic E-state index is -0.266. The molecule has 0 atom stereocenters. The number of hydrogen-bond acceptors (Lipinski definition) is 2. The zero-order valence-corrected chi connectivity index (χ0v) is 10.9. The maximum Gasteiger partial charge on any atom is 0.231 e. The molecule has 0 aliphatic heterocycles. The molecule has 0 bridgehead atoms. The van der Waals surface area contributed by atoms with E-state index in [1.165, 1.54) is 0 Å². The minimum absolute atomic E-state index is 0.0847. The van der Waals surface area contributed by atoms with Gasteiger partial charge in [0.1, 0.15) is 0 Å². The van der Waals surface area contributed by atoms with Crippen LogP contribution < -0.4 is 5.32 Å². The van der Waals surface area contributed by atoms with E-state index in [0.717, 1.165) is 16.8 Å². The molecule has 0 aliphatic rings. The molecule has 0 aromatic heterocycles. The third-order valence-corrected chi connectivity index (χ3v) is 2.80. The van der Waals surface area contributed by atoms with Crippen molar-refractivity contribution in [2.24, 2.45) is 0 Å². The maximum absolute atomic E-state index is 11.5. The quantitative estimate of drug-likeness (QED) is 0.682. The van der Waals surface area contributed by atoms with E-state index in [1.807, 2.05) is 32.0 Å². The van der Waals surface area contributed by atoms with E-state index >= 15 is 0 Å². The van der Waals surface area contributed by atoms with Crippen molar-refractivity contribution in [3.63, 3.8) is 0 Å². The zero-order valence-electron chi connectivity index (χ0n) is 9.34. The highest BCUT2D eigenvalue weighted by Crippen LogP contribution is 2.16. The fourth-order valence-electron chi connectivity index (χ4n) is 1.29. The smallest absolute Gasteiger partial charge is 0.231 e. The molecular weight excluding hydrogens is 270 g/mol. The summed E-state index contributed by atoms with van der Waals surface area (Å²) >= 11 is 3.03. The molecular formula is C12H14BrNO2. The fourth-order valence-corrected chi connectivity index (χ4v) is 1.49. The molecule has 1 amide bonds. The van der Waals surface area contributed by atoms with E-state index < -0.39 is 0 Å². The Balaban J connectivity index is 2.69. The zero-order chi connectivity index (χ0) is 12.1. The van der Waals surface area contributed by atoms with Crippen molar-refractivity contribution in [1.82, 2.24) is 0 Å². The number of halogens is 1. The van der Waals surface area contributed by atoms with Crippen LogP contribution in [0.5, 0.6) is 0 Å². The van der Waals surface area contributed by atoms with Gasteiger partial charge in [-0.1, -0.05) is 28.1 Å². The van der Waals surface area contributed by atoms with Crippen LogP contribution in [0, 0.1) is 13.8 Å². The topological polar surface area (TPSA) is 46.2 Å². The number of aryl methyl sites for hydroxylation is 2. The van der Waals surface area contributed by atoms with Crippen LogP contribution >= 0.6 is 15.9 Å². The summed E-state index contributed by atoms with van der Waals surface area (Å²) < 4.78 is 0. The maximum atomic E-state index is 11.5. The monoisotopic (exact) mass is 283 g/mol. The molecule has 0 unspecified atom stereocenters. The first-order chi connectivity index (χ1) is 7.52. The van der Waals surface area contributed by atoms with E-state index in [9.17, 15) is 9.59 Å². The number of nitrogens with one attached hydrogen (secondary N) is 1. The highest BCUT2D eigenvalue weighted by molar-refractivity contribution is 9.09. The number of rotatable bonds is 4. The van der Waals surface area contributed by atoms with Crippen LogP contribution in [0.1, 0.15) is 17.5 Å². The number of carbonyl (C=O) groups excluding carboxylic acids is 2. The Hall–Kier alpha value is -1.16. The van der Waals surface area contributed by atoms with Gasteiger partial charge >= 0.3 is 0 Å². The van der Waals surface area contributed by atoms with Gasteiger partial charge in [-0.15, -0.1) is 0 Å². The molecule has 1 aromatic carbocycles. The fraction of sp³-hybridized carbons (Fsp3) is 0.333. The highest BCUT2D eigenvalue weighted by atomic mass is 79.9.